The Kier molecular flexibility index (Phi) is 5.86. The van der Waals surface area contributed by atoms with Crippen molar-refractivity contribution in [2.45, 2.75) is 21.6 Å². The fraction of sp³-hybridized carbons (Fsp3) is 0.400. The summed E-state index contributed by atoms with van der Waals surface area (Å²) in [5.74, 6) is 0.467. The van der Waals surface area contributed by atoms with Crippen LogP contribution < -0.4 is 4.90 Å². The van der Waals surface area contributed by atoms with Crippen molar-refractivity contribution in [2.75, 3.05) is 46.2 Å². The van der Waals surface area contributed by atoms with Gasteiger partial charge in [-0.1, -0.05) is 30.8 Å². The van der Waals surface area contributed by atoms with E-state index in [2.05, 4.69) is 49.0 Å². The second kappa shape index (κ2) is 7.83. The van der Waals surface area contributed by atoms with E-state index in [1.54, 1.807) is 38.0 Å². The minimum Gasteiger partial charge on any atom is -0.339 e. The monoisotopic (exact) mass is 405 g/mol. The lowest BCUT2D eigenvalue weighted by molar-refractivity contribution is 0.343. The number of para-hydroxylation sites is 1. The molecule has 1 atom stereocenters. The number of fused-ring (bicyclic) bond motifs is 2. The average molecular weight is 406 g/mol. The van der Waals surface area contributed by atoms with E-state index >= 15 is 0 Å². The molecule has 0 fully saturated rings. The zero-order valence-electron chi connectivity index (χ0n) is 16.5. The van der Waals surface area contributed by atoms with Crippen LogP contribution in [0.1, 0.15) is 6.92 Å². The Morgan fingerprint density at radius 2 is 1.67 bits per heavy atom. The molecule has 27 heavy (non-hydrogen) atoms. The molecule has 146 valence electrons. The molecule has 7 heteroatoms. The number of rotatable bonds is 6. The lowest BCUT2D eigenvalue weighted by atomic mass is 10.1. The Morgan fingerprint density at radius 1 is 1.00 bits per heavy atom. The molecule has 0 aromatic heterocycles. The fourth-order valence-corrected chi connectivity index (χ4v) is 5.51. The van der Waals surface area contributed by atoms with E-state index in [0.717, 1.165) is 28.6 Å². The molecule has 0 N–H and O–H groups in total. The van der Waals surface area contributed by atoms with Crippen molar-refractivity contribution >= 4 is 33.2 Å². The summed E-state index contributed by atoms with van der Waals surface area (Å²) in [7, 11) is 3.85. The van der Waals surface area contributed by atoms with Crippen LogP contribution in [0, 0.1) is 5.92 Å². The zero-order chi connectivity index (χ0) is 19.8. The van der Waals surface area contributed by atoms with Gasteiger partial charge in [-0.3, -0.25) is 0 Å². The minimum atomic E-state index is -3.45. The van der Waals surface area contributed by atoms with Crippen LogP contribution >= 0.6 is 11.8 Å². The summed E-state index contributed by atoms with van der Waals surface area (Å²) < 4.78 is 26.3. The van der Waals surface area contributed by atoms with Crippen LogP contribution in [0.15, 0.2) is 57.2 Å². The van der Waals surface area contributed by atoms with Crippen molar-refractivity contribution in [3.8, 4) is 0 Å². The molecule has 0 radical (unpaired) electrons. The number of hydrogen-bond donors (Lipinski definition) is 0. The van der Waals surface area contributed by atoms with E-state index in [-0.39, 0.29) is 0 Å². The van der Waals surface area contributed by atoms with Crippen molar-refractivity contribution in [2.24, 2.45) is 5.92 Å². The molecular weight excluding hydrogens is 378 g/mol. The smallest absolute Gasteiger partial charge is 0.242 e. The van der Waals surface area contributed by atoms with Gasteiger partial charge >= 0.3 is 0 Å². The average Bonchev–Trinajstić information content (AvgIpc) is 2.60. The topological polar surface area (TPSA) is 43.9 Å². The van der Waals surface area contributed by atoms with Gasteiger partial charge in [0.15, 0.2) is 0 Å². The van der Waals surface area contributed by atoms with E-state index < -0.39 is 10.0 Å². The first-order valence-electron chi connectivity index (χ1n) is 8.96. The van der Waals surface area contributed by atoms with Gasteiger partial charge in [0, 0.05) is 37.0 Å². The van der Waals surface area contributed by atoms with Gasteiger partial charge in [0.1, 0.15) is 0 Å². The molecule has 1 heterocycles. The minimum absolute atomic E-state index is 0.333. The summed E-state index contributed by atoms with van der Waals surface area (Å²) in [5, 5.41) is 0. The van der Waals surface area contributed by atoms with Gasteiger partial charge in [-0.15, -0.1) is 0 Å². The molecule has 2 aromatic rings. The SMILES string of the molecule is CC(CN(C)C)CN1c2ccccc2Sc2cc(S(=O)(=O)N(C)C)ccc21. The van der Waals surface area contributed by atoms with Gasteiger partial charge in [0.2, 0.25) is 10.0 Å². The van der Waals surface area contributed by atoms with Crippen LogP contribution in [-0.4, -0.2) is 58.9 Å². The predicted molar refractivity (Wildman–Crippen MR) is 113 cm³/mol. The first kappa shape index (κ1) is 20.2. The highest BCUT2D eigenvalue weighted by atomic mass is 32.2. The molecule has 0 aliphatic carbocycles. The molecule has 0 saturated carbocycles. The number of anilines is 2. The van der Waals surface area contributed by atoms with E-state index in [1.165, 1.54) is 9.99 Å². The molecule has 5 nitrogen and oxygen atoms in total. The summed E-state index contributed by atoms with van der Waals surface area (Å²) in [5.41, 5.74) is 2.26. The summed E-state index contributed by atoms with van der Waals surface area (Å²) in [6.07, 6.45) is 0. The lowest BCUT2D eigenvalue weighted by Gasteiger charge is -2.35. The van der Waals surface area contributed by atoms with Gasteiger partial charge in [0.25, 0.3) is 0 Å². The molecule has 0 spiro atoms. The second-order valence-electron chi connectivity index (χ2n) is 7.46. The van der Waals surface area contributed by atoms with Crippen molar-refractivity contribution in [1.82, 2.24) is 9.21 Å². The predicted octanol–water partition coefficient (Wildman–Crippen LogP) is 3.74. The van der Waals surface area contributed by atoms with Crippen molar-refractivity contribution in [3.63, 3.8) is 0 Å². The van der Waals surface area contributed by atoms with Gasteiger partial charge in [-0.2, -0.15) is 0 Å². The number of benzene rings is 2. The summed E-state index contributed by atoms with van der Waals surface area (Å²) in [6, 6.07) is 13.8. The highest BCUT2D eigenvalue weighted by Crippen LogP contribution is 2.48. The maximum Gasteiger partial charge on any atom is 0.242 e. The van der Waals surface area contributed by atoms with Gasteiger partial charge in [-0.25, -0.2) is 12.7 Å². The third kappa shape index (κ3) is 4.16. The maximum absolute atomic E-state index is 12.5. The Bertz CT molecular complexity index is 927. The van der Waals surface area contributed by atoms with E-state index in [0.29, 0.717) is 10.8 Å². The standard InChI is InChI=1S/C20H27N3O2S2/c1-15(13-21(2)3)14-23-17-8-6-7-9-19(17)26-20-12-16(10-11-18(20)23)27(24,25)22(4)5/h6-12,15H,13-14H2,1-5H3. The van der Waals surface area contributed by atoms with Crippen LogP contribution in [0.5, 0.6) is 0 Å². The molecule has 1 aliphatic rings. The normalized spacial score (nSPS) is 15.0. The van der Waals surface area contributed by atoms with E-state index in [1.807, 2.05) is 12.1 Å². The molecule has 1 aliphatic heterocycles. The Labute approximate surface area is 167 Å². The van der Waals surface area contributed by atoms with Gasteiger partial charge < -0.3 is 9.80 Å². The number of hydrogen-bond acceptors (Lipinski definition) is 5. The van der Waals surface area contributed by atoms with Crippen LogP contribution in [0.25, 0.3) is 0 Å². The van der Waals surface area contributed by atoms with Crippen LogP contribution in [0.4, 0.5) is 11.4 Å². The largest absolute Gasteiger partial charge is 0.339 e. The van der Waals surface area contributed by atoms with Crippen molar-refractivity contribution < 1.29 is 8.42 Å². The third-order valence-electron chi connectivity index (χ3n) is 4.55. The molecule has 0 bridgehead atoms. The molecule has 0 saturated heterocycles. The van der Waals surface area contributed by atoms with Gasteiger partial charge in [0.05, 0.1) is 16.3 Å². The molecular formula is C20H27N3O2S2. The first-order chi connectivity index (χ1) is 12.7. The number of nitrogens with zero attached hydrogens (tertiary/aromatic N) is 3. The number of sulfonamides is 1. The molecule has 0 amide bonds. The third-order valence-corrected chi connectivity index (χ3v) is 7.47. The van der Waals surface area contributed by atoms with Crippen LogP contribution in [0.3, 0.4) is 0 Å². The lowest BCUT2D eigenvalue weighted by Crippen LogP contribution is -2.31. The van der Waals surface area contributed by atoms with Crippen molar-refractivity contribution in [1.29, 1.82) is 0 Å². The quantitative estimate of drug-likeness (QED) is 0.733. The van der Waals surface area contributed by atoms with E-state index in [4.69, 9.17) is 0 Å². The Balaban J connectivity index is 2.03. The summed E-state index contributed by atoms with van der Waals surface area (Å²) >= 11 is 1.63. The first-order valence-corrected chi connectivity index (χ1v) is 11.2. The summed E-state index contributed by atoms with van der Waals surface area (Å²) in [6.45, 7) is 4.12. The molecule has 2 aromatic carbocycles. The fourth-order valence-electron chi connectivity index (χ4n) is 3.37. The van der Waals surface area contributed by atoms with Crippen LogP contribution in [-0.2, 0) is 10.0 Å². The summed E-state index contributed by atoms with van der Waals surface area (Å²) in [4.78, 5) is 6.99. The van der Waals surface area contributed by atoms with Gasteiger partial charge in [-0.05, 0) is 50.3 Å². The molecule has 1 unspecified atom stereocenters. The second-order valence-corrected chi connectivity index (χ2v) is 10.7. The molecule has 3 rings (SSSR count). The van der Waals surface area contributed by atoms with E-state index in [9.17, 15) is 8.42 Å². The Morgan fingerprint density at radius 3 is 2.33 bits per heavy atom. The van der Waals surface area contributed by atoms with Crippen LogP contribution in [0.2, 0.25) is 0 Å². The zero-order valence-corrected chi connectivity index (χ0v) is 18.1. The highest BCUT2D eigenvalue weighted by Gasteiger charge is 2.27. The Hall–Kier alpha value is -1.54. The van der Waals surface area contributed by atoms with Crippen molar-refractivity contribution in [3.05, 3.63) is 42.5 Å². The highest BCUT2D eigenvalue weighted by molar-refractivity contribution is 7.99. The maximum atomic E-state index is 12.5.